The van der Waals surface area contributed by atoms with Crippen molar-refractivity contribution in [2.75, 3.05) is 17.7 Å². The molecular weight excluding hydrogens is 243 g/mol. The van der Waals surface area contributed by atoms with Gasteiger partial charge >= 0.3 is 0 Å². The van der Waals surface area contributed by atoms with E-state index in [4.69, 9.17) is 0 Å². The van der Waals surface area contributed by atoms with Gasteiger partial charge in [-0.05, 0) is 12.5 Å². The molecule has 1 aromatic heterocycles. The van der Waals surface area contributed by atoms with E-state index < -0.39 is 0 Å². The molecule has 5 heteroatoms. The highest BCUT2D eigenvalue weighted by molar-refractivity contribution is 5.57. The molecule has 0 amide bonds. The fraction of sp³-hybridized carbons (Fsp3) is 0.286. The van der Waals surface area contributed by atoms with Gasteiger partial charge in [0.05, 0.1) is 0 Å². The second-order valence-electron chi connectivity index (χ2n) is 4.10. The van der Waals surface area contributed by atoms with Gasteiger partial charge < -0.3 is 10.6 Å². The Morgan fingerprint density at radius 3 is 2.58 bits per heavy atom. The predicted octanol–water partition coefficient (Wildman–Crippen LogP) is 2.83. The standard InChI is InChI=1S/C14H17FN4/c1-3-11-13(16-2)18-9-19-14(11)17-8-10-6-4-5-7-12(10)15/h4-7,9H,3,8H2,1-2H3,(H2,16,17,18,19). The van der Waals surface area contributed by atoms with Gasteiger partial charge in [0.2, 0.25) is 0 Å². The molecule has 0 unspecified atom stereocenters. The Balaban J connectivity index is 2.18. The third-order valence-electron chi connectivity index (χ3n) is 2.94. The Labute approximate surface area is 112 Å². The molecule has 2 N–H and O–H groups in total. The topological polar surface area (TPSA) is 49.8 Å². The Morgan fingerprint density at radius 1 is 1.16 bits per heavy atom. The largest absolute Gasteiger partial charge is 0.373 e. The molecule has 2 rings (SSSR count). The quantitative estimate of drug-likeness (QED) is 0.868. The van der Waals surface area contributed by atoms with E-state index in [2.05, 4.69) is 20.6 Å². The third kappa shape index (κ3) is 2.99. The number of anilines is 2. The second kappa shape index (κ2) is 6.13. The van der Waals surface area contributed by atoms with Crippen LogP contribution in [0, 0.1) is 5.82 Å². The van der Waals surface area contributed by atoms with Crippen LogP contribution >= 0.6 is 0 Å². The summed E-state index contributed by atoms with van der Waals surface area (Å²) in [5.74, 6) is 1.33. The van der Waals surface area contributed by atoms with Gasteiger partial charge in [-0.3, -0.25) is 0 Å². The van der Waals surface area contributed by atoms with Crippen molar-refractivity contribution in [3.8, 4) is 0 Å². The molecule has 100 valence electrons. The second-order valence-corrected chi connectivity index (χ2v) is 4.10. The lowest BCUT2D eigenvalue weighted by Gasteiger charge is -2.13. The van der Waals surface area contributed by atoms with Crippen LogP contribution in [0.2, 0.25) is 0 Å². The predicted molar refractivity (Wildman–Crippen MR) is 74.7 cm³/mol. The molecule has 0 aliphatic carbocycles. The molecule has 0 spiro atoms. The third-order valence-corrected chi connectivity index (χ3v) is 2.94. The van der Waals surface area contributed by atoms with Crippen LogP contribution in [-0.4, -0.2) is 17.0 Å². The molecule has 0 saturated carbocycles. The van der Waals surface area contributed by atoms with Gasteiger partial charge in [0.25, 0.3) is 0 Å². The lowest BCUT2D eigenvalue weighted by molar-refractivity contribution is 0.613. The molecule has 0 radical (unpaired) electrons. The number of nitrogens with one attached hydrogen (secondary N) is 2. The Morgan fingerprint density at radius 2 is 1.89 bits per heavy atom. The van der Waals surface area contributed by atoms with E-state index in [1.807, 2.05) is 20.0 Å². The fourth-order valence-corrected chi connectivity index (χ4v) is 1.94. The zero-order valence-electron chi connectivity index (χ0n) is 11.1. The zero-order chi connectivity index (χ0) is 13.7. The Hall–Kier alpha value is -2.17. The molecule has 1 aromatic carbocycles. The summed E-state index contributed by atoms with van der Waals surface area (Å²) in [4.78, 5) is 8.38. The number of nitrogens with zero attached hydrogens (tertiary/aromatic N) is 2. The normalized spacial score (nSPS) is 10.3. The first-order valence-electron chi connectivity index (χ1n) is 6.25. The van der Waals surface area contributed by atoms with Crippen molar-refractivity contribution in [1.29, 1.82) is 0 Å². The first-order valence-corrected chi connectivity index (χ1v) is 6.25. The monoisotopic (exact) mass is 260 g/mol. The van der Waals surface area contributed by atoms with E-state index in [-0.39, 0.29) is 5.82 Å². The summed E-state index contributed by atoms with van der Waals surface area (Å²) in [7, 11) is 1.82. The van der Waals surface area contributed by atoms with Gasteiger partial charge in [0.1, 0.15) is 23.8 Å². The van der Waals surface area contributed by atoms with Crippen molar-refractivity contribution >= 4 is 11.6 Å². The van der Waals surface area contributed by atoms with Crippen molar-refractivity contribution in [2.45, 2.75) is 19.9 Å². The number of hydrogen-bond donors (Lipinski definition) is 2. The van der Waals surface area contributed by atoms with Crippen LogP contribution in [0.4, 0.5) is 16.0 Å². The molecule has 0 aliphatic heterocycles. The average molecular weight is 260 g/mol. The summed E-state index contributed by atoms with van der Waals surface area (Å²) in [6.07, 6.45) is 2.30. The molecule has 2 aromatic rings. The first kappa shape index (κ1) is 13.3. The van der Waals surface area contributed by atoms with Crippen molar-refractivity contribution in [3.63, 3.8) is 0 Å². The van der Waals surface area contributed by atoms with Crippen molar-refractivity contribution in [3.05, 3.63) is 47.5 Å². The van der Waals surface area contributed by atoms with Crippen LogP contribution in [0.3, 0.4) is 0 Å². The lowest BCUT2D eigenvalue weighted by Crippen LogP contribution is -2.08. The molecular formula is C14H17FN4. The van der Waals surface area contributed by atoms with E-state index in [0.29, 0.717) is 12.1 Å². The van der Waals surface area contributed by atoms with Crippen LogP contribution in [0.1, 0.15) is 18.1 Å². The Bertz CT molecular complexity index is 557. The van der Waals surface area contributed by atoms with Crippen molar-refractivity contribution < 1.29 is 4.39 Å². The first-order chi connectivity index (χ1) is 9.26. The van der Waals surface area contributed by atoms with Crippen molar-refractivity contribution in [1.82, 2.24) is 9.97 Å². The number of benzene rings is 1. The molecule has 19 heavy (non-hydrogen) atoms. The highest BCUT2D eigenvalue weighted by Gasteiger charge is 2.09. The molecule has 1 heterocycles. The van der Waals surface area contributed by atoms with E-state index in [0.717, 1.165) is 23.6 Å². The SMILES string of the molecule is CCc1c(NC)ncnc1NCc1ccccc1F. The van der Waals surface area contributed by atoms with Gasteiger partial charge in [-0.25, -0.2) is 14.4 Å². The maximum atomic E-state index is 13.5. The van der Waals surface area contributed by atoms with Gasteiger partial charge in [0.15, 0.2) is 0 Å². The average Bonchev–Trinajstić information content (AvgIpc) is 2.45. The van der Waals surface area contributed by atoms with Gasteiger partial charge in [0, 0.05) is 24.7 Å². The van der Waals surface area contributed by atoms with Gasteiger partial charge in [-0.1, -0.05) is 25.1 Å². The van der Waals surface area contributed by atoms with Crippen molar-refractivity contribution in [2.24, 2.45) is 0 Å². The van der Waals surface area contributed by atoms with E-state index in [9.17, 15) is 4.39 Å². The minimum absolute atomic E-state index is 0.212. The number of aromatic nitrogens is 2. The van der Waals surface area contributed by atoms with Crippen LogP contribution < -0.4 is 10.6 Å². The minimum atomic E-state index is -0.212. The molecule has 4 nitrogen and oxygen atoms in total. The molecule has 0 aliphatic rings. The van der Waals surface area contributed by atoms with Gasteiger partial charge in [-0.15, -0.1) is 0 Å². The smallest absolute Gasteiger partial charge is 0.134 e. The fourth-order valence-electron chi connectivity index (χ4n) is 1.94. The highest BCUT2D eigenvalue weighted by Crippen LogP contribution is 2.20. The van der Waals surface area contributed by atoms with E-state index >= 15 is 0 Å². The summed E-state index contributed by atoms with van der Waals surface area (Å²) in [6.45, 7) is 2.44. The van der Waals surface area contributed by atoms with Crippen LogP contribution in [0.5, 0.6) is 0 Å². The molecule has 0 saturated heterocycles. The van der Waals surface area contributed by atoms with E-state index in [1.54, 1.807) is 12.1 Å². The zero-order valence-corrected chi connectivity index (χ0v) is 11.1. The lowest BCUT2D eigenvalue weighted by atomic mass is 10.2. The maximum Gasteiger partial charge on any atom is 0.134 e. The van der Waals surface area contributed by atoms with Crippen LogP contribution in [0.15, 0.2) is 30.6 Å². The summed E-state index contributed by atoms with van der Waals surface area (Å²) in [5.41, 5.74) is 1.62. The summed E-state index contributed by atoms with van der Waals surface area (Å²) in [5, 5.41) is 6.20. The number of hydrogen-bond acceptors (Lipinski definition) is 4. The maximum absolute atomic E-state index is 13.5. The molecule has 0 bridgehead atoms. The number of rotatable bonds is 5. The summed E-state index contributed by atoms with van der Waals surface area (Å²) >= 11 is 0. The minimum Gasteiger partial charge on any atom is -0.373 e. The summed E-state index contributed by atoms with van der Waals surface area (Å²) in [6, 6.07) is 6.71. The summed E-state index contributed by atoms with van der Waals surface area (Å²) < 4.78 is 13.5. The van der Waals surface area contributed by atoms with Gasteiger partial charge in [-0.2, -0.15) is 0 Å². The van der Waals surface area contributed by atoms with Crippen LogP contribution in [0.25, 0.3) is 0 Å². The Kier molecular flexibility index (Phi) is 4.28. The van der Waals surface area contributed by atoms with Crippen LogP contribution in [-0.2, 0) is 13.0 Å². The molecule has 0 fully saturated rings. The highest BCUT2D eigenvalue weighted by atomic mass is 19.1. The molecule has 0 atom stereocenters. The number of halogens is 1. The van der Waals surface area contributed by atoms with E-state index in [1.165, 1.54) is 12.4 Å².